The van der Waals surface area contributed by atoms with Gasteiger partial charge >= 0.3 is 0 Å². The molecule has 0 bridgehead atoms. The lowest BCUT2D eigenvalue weighted by Gasteiger charge is -2.26. The topological polar surface area (TPSA) is 79.3 Å². The van der Waals surface area contributed by atoms with E-state index < -0.39 is 17.7 Å². The van der Waals surface area contributed by atoms with Crippen LogP contribution in [0.3, 0.4) is 0 Å². The number of hydrogen-bond donors (Lipinski definition) is 1. The molecule has 186 valence electrons. The van der Waals surface area contributed by atoms with E-state index in [9.17, 15) is 14.7 Å². The molecule has 7 heteroatoms. The minimum Gasteiger partial charge on any atom is -0.507 e. The first-order valence-corrected chi connectivity index (χ1v) is 11.8. The lowest BCUT2D eigenvalue weighted by atomic mass is 9.94. The summed E-state index contributed by atoms with van der Waals surface area (Å²) in [6.07, 6.45) is 2.35. The minimum atomic E-state index is -0.697. The van der Waals surface area contributed by atoms with E-state index in [1.54, 1.807) is 41.3 Å². The third-order valence-corrected chi connectivity index (χ3v) is 5.86. The third-order valence-electron chi connectivity index (χ3n) is 5.86. The number of rotatable bonds is 11. The number of hydrogen-bond acceptors (Lipinski definition) is 6. The van der Waals surface area contributed by atoms with Crippen molar-refractivity contribution < 1.29 is 24.2 Å². The van der Waals surface area contributed by atoms with Gasteiger partial charge in [0.15, 0.2) is 0 Å². The van der Waals surface area contributed by atoms with Crippen LogP contribution < -0.4 is 9.47 Å². The number of aliphatic hydroxyl groups excluding tert-OH is 1. The predicted octanol–water partition coefficient (Wildman–Crippen LogP) is 4.33. The molecule has 2 aromatic rings. The number of carbonyl (C=O) groups is 2. The van der Waals surface area contributed by atoms with Crippen molar-refractivity contribution in [3.05, 3.63) is 77.4 Å². The fraction of sp³-hybridized carbons (Fsp3) is 0.357. The normalized spacial score (nSPS) is 17.2. The van der Waals surface area contributed by atoms with E-state index in [0.717, 1.165) is 17.7 Å². The Morgan fingerprint density at radius 3 is 2.46 bits per heavy atom. The van der Waals surface area contributed by atoms with Crippen LogP contribution in [-0.4, -0.2) is 67.0 Å². The molecule has 0 saturated carbocycles. The summed E-state index contributed by atoms with van der Waals surface area (Å²) in [5, 5.41) is 11.3. The van der Waals surface area contributed by atoms with Crippen molar-refractivity contribution in [2.75, 3.05) is 40.4 Å². The lowest BCUT2D eigenvalue weighted by molar-refractivity contribution is -0.139. The molecule has 2 aromatic carbocycles. The van der Waals surface area contributed by atoms with Crippen molar-refractivity contribution in [3.63, 3.8) is 0 Å². The van der Waals surface area contributed by atoms with Crippen LogP contribution in [0.15, 0.2) is 60.7 Å². The first-order chi connectivity index (χ1) is 16.8. The molecule has 0 spiro atoms. The second kappa shape index (κ2) is 11.7. The summed E-state index contributed by atoms with van der Waals surface area (Å²) in [6.45, 7) is 9.48. The molecule has 1 heterocycles. The Hall–Kier alpha value is -3.58. The highest BCUT2D eigenvalue weighted by Gasteiger charge is 2.45. The molecule has 35 heavy (non-hydrogen) atoms. The molecule has 0 aromatic heterocycles. The second-order valence-corrected chi connectivity index (χ2v) is 8.73. The highest BCUT2D eigenvalue weighted by Crippen LogP contribution is 2.40. The average Bonchev–Trinajstić information content (AvgIpc) is 3.09. The van der Waals surface area contributed by atoms with E-state index in [2.05, 4.69) is 6.58 Å². The maximum Gasteiger partial charge on any atom is 0.295 e. The largest absolute Gasteiger partial charge is 0.507 e. The SMILES string of the molecule is C=CCOc1ccc(C2/C(=C(/O)c3ccc(OCC)c(C)c3)C(=O)C(=O)N2CCCN(C)C)cc1. The highest BCUT2D eigenvalue weighted by molar-refractivity contribution is 6.46. The van der Waals surface area contributed by atoms with Gasteiger partial charge in [-0.3, -0.25) is 9.59 Å². The average molecular weight is 479 g/mol. The van der Waals surface area contributed by atoms with Gasteiger partial charge in [0.25, 0.3) is 11.7 Å². The van der Waals surface area contributed by atoms with Gasteiger partial charge in [-0.1, -0.05) is 24.8 Å². The molecule has 1 fully saturated rings. The molecule has 1 amide bonds. The molecule has 1 aliphatic heterocycles. The van der Waals surface area contributed by atoms with E-state index in [4.69, 9.17) is 9.47 Å². The number of likely N-dealkylation sites (tertiary alicyclic amines) is 1. The highest BCUT2D eigenvalue weighted by atomic mass is 16.5. The van der Waals surface area contributed by atoms with Gasteiger partial charge in [-0.25, -0.2) is 0 Å². The molecule has 1 atom stereocenters. The van der Waals surface area contributed by atoms with Gasteiger partial charge in [0, 0.05) is 12.1 Å². The van der Waals surface area contributed by atoms with Crippen LogP contribution in [-0.2, 0) is 9.59 Å². The van der Waals surface area contributed by atoms with E-state index in [1.165, 1.54) is 0 Å². The van der Waals surface area contributed by atoms with E-state index in [0.29, 0.717) is 43.2 Å². The number of ether oxygens (including phenoxy) is 2. The van der Waals surface area contributed by atoms with E-state index >= 15 is 0 Å². The summed E-state index contributed by atoms with van der Waals surface area (Å²) < 4.78 is 11.2. The number of aryl methyl sites for hydroxylation is 1. The summed E-state index contributed by atoms with van der Waals surface area (Å²) in [7, 11) is 3.92. The van der Waals surface area contributed by atoms with Gasteiger partial charge in [0.2, 0.25) is 0 Å². The minimum absolute atomic E-state index is 0.0863. The molecule has 0 aliphatic carbocycles. The van der Waals surface area contributed by atoms with Crippen molar-refractivity contribution in [2.24, 2.45) is 0 Å². The van der Waals surface area contributed by atoms with Gasteiger partial charge in [-0.15, -0.1) is 0 Å². The van der Waals surface area contributed by atoms with Crippen molar-refractivity contribution in [1.82, 2.24) is 9.80 Å². The quantitative estimate of drug-likeness (QED) is 0.224. The summed E-state index contributed by atoms with van der Waals surface area (Å²) in [6, 6.07) is 11.8. The number of amides is 1. The Labute approximate surface area is 207 Å². The molecule has 1 N–H and O–H groups in total. The first kappa shape index (κ1) is 26.0. The zero-order valence-electron chi connectivity index (χ0n) is 20.9. The van der Waals surface area contributed by atoms with Crippen molar-refractivity contribution in [3.8, 4) is 11.5 Å². The number of aliphatic hydroxyl groups is 1. The Bertz CT molecular complexity index is 1100. The summed E-state index contributed by atoms with van der Waals surface area (Å²) in [5.41, 5.74) is 2.11. The number of Topliss-reactive ketones (excluding diaryl/α,β-unsaturated/α-hetero) is 1. The molecular formula is C28H34N2O5. The third kappa shape index (κ3) is 5.92. The smallest absolute Gasteiger partial charge is 0.295 e. The van der Waals surface area contributed by atoms with Gasteiger partial charge in [-0.2, -0.15) is 0 Å². The lowest BCUT2D eigenvalue weighted by Crippen LogP contribution is -2.32. The number of ketones is 1. The maximum absolute atomic E-state index is 13.2. The Balaban J connectivity index is 2.06. The summed E-state index contributed by atoms with van der Waals surface area (Å²) in [4.78, 5) is 29.9. The monoisotopic (exact) mass is 478 g/mol. The van der Waals surface area contributed by atoms with Crippen LogP contribution in [0.1, 0.15) is 36.1 Å². The zero-order chi connectivity index (χ0) is 25.5. The maximum atomic E-state index is 13.2. The molecular weight excluding hydrogens is 444 g/mol. The van der Waals surface area contributed by atoms with Crippen LogP contribution >= 0.6 is 0 Å². The van der Waals surface area contributed by atoms with Gasteiger partial charge in [0.05, 0.1) is 18.2 Å². The number of nitrogens with zero attached hydrogens (tertiary/aromatic N) is 2. The van der Waals surface area contributed by atoms with Crippen LogP contribution in [0.25, 0.3) is 5.76 Å². The number of carbonyl (C=O) groups excluding carboxylic acids is 2. The second-order valence-electron chi connectivity index (χ2n) is 8.73. The predicted molar refractivity (Wildman–Crippen MR) is 137 cm³/mol. The van der Waals surface area contributed by atoms with E-state index in [-0.39, 0.29) is 11.3 Å². The van der Waals surface area contributed by atoms with Crippen LogP contribution in [0, 0.1) is 6.92 Å². The van der Waals surface area contributed by atoms with Gasteiger partial charge in [0.1, 0.15) is 23.9 Å². The van der Waals surface area contributed by atoms with Crippen LogP contribution in [0.5, 0.6) is 11.5 Å². The Morgan fingerprint density at radius 1 is 1.14 bits per heavy atom. The van der Waals surface area contributed by atoms with Crippen molar-refractivity contribution in [1.29, 1.82) is 0 Å². The summed E-state index contributed by atoms with van der Waals surface area (Å²) >= 11 is 0. The molecule has 3 rings (SSSR count). The van der Waals surface area contributed by atoms with Crippen LogP contribution in [0.4, 0.5) is 0 Å². The Kier molecular flexibility index (Phi) is 8.71. The zero-order valence-corrected chi connectivity index (χ0v) is 20.9. The molecule has 0 radical (unpaired) electrons. The van der Waals surface area contributed by atoms with Crippen molar-refractivity contribution in [2.45, 2.75) is 26.3 Å². The standard InChI is InChI=1S/C28H34N2O5/c1-6-17-35-22-12-9-20(10-13-22)25-24(27(32)28(33)30(25)16-8-15-29(4)5)26(31)21-11-14-23(34-7-2)19(3)18-21/h6,9-14,18,25,31H,1,7-8,15-17H2,2-5H3/b26-24-. The molecule has 1 aliphatic rings. The van der Waals surface area contributed by atoms with E-state index in [1.807, 2.05) is 45.0 Å². The summed E-state index contributed by atoms with van der Waals surface area (Å²) in [5.74, 6) is -0.123. The van der Waals surface area contributed by atoms with Crippen molar-refractivity contribution >= 4 is 17.4 Å². The number of benzene rings is 2. The molecule has 7 nitrogen and oxygen atoms in total. The van der Waals surface area contributed by atoms with Crippen LogP contribution in [0.2, 0.25) is 0 Å². The fourth-order valence-electron chi connectivity index (χ4n) is 4.19. The molecule has 1 saturated heterocycles. The molecule has 1 unspecified atom stereocenters. The Morgan fingerprint density at radius 2 is 1.86 bits per heavy atom. The fourth-order valence-corrected chi connectivity index (χ4v) is 4.19. The van der Waals surface area contributed by atoms with Gasteiger partial charge in [-0.05, 0) is 82.4 Å². The first-order valence-electron chi connectivity index (χ1n) is 11.8. The van der Waals surface area contributed by atoms with Gasteiger partial charge < -0.3 is 24.4 Å².